The third-order valence-corrected chi connectivity index (χ3v) is 12.6. The summed E-state index contributed by atoms with van der Waals surface area (Å²) in [6, 6.07) is 22.9. The van der Waals surface area contributed by atoms with E-state index in [0.29, 0.717) is 5.69 Å². The number of esters is 1. The van der Waals surface area contributed by atoms with Crippen molar-refractivity contribution in [1.29, 1.82) is 0 Å². The number of carbonyl (C=O) groups excluding carboxylic acids is 2. The predicted molar refractivity (Wildman–Crippen MR) is 165 cm³/mol. The van der Waals surface area contributed by atoms with Gasteiger partial charge in [-0.25, -0.2) is 9.59 Å². The molecule has 0 unspecified atom stereocenters. The van der Waals surface area contributed by atoms with Crippen LogP contribution in [0.15, 0.2) is 85.5 Å². The SMILES string of the molecule is C=CCOC(=O)[C@@H](NC(=O)OCC1c2ccccc2-c2ccccc21)[C@@H](C)O[Si](C)(C)C(C)(C)c1ccc(N)cc1. The molecule has 0 spiro atoms. The van der Waals surface area contributed by atoms with E-state index in [2.05, 4.69) is 63.1 Å². The minimum atomic E-state index is -2.52. The van der Waals surface area contributed by atoms with Gasteiger partial charge in [-0.3, -0.25) is 0 Å². The molecule has 0 heterocycles. The number of ether oxygens (including phenoxy) is 2. The lowest BCUT2D eigenvalue weighted by atomic mass is 9.98. The molecule has 0 aromatic heterocycles. The number of nitrogens with one attached hydrogen (secondary N) is 1. The van der Waals surface area contributed by atoms with Gasteiger partial charge in [-0.1, -0.05) is 87.2 Å². The molecule has 41 heavy (non-hydrogen) atoms. The molecule has 7 nitrogen and oxygen atoms in total. The maximum absolute atomic E-state index is 13.1. The fourth-order valence-electron chi connectivity index (χ4n) is 5.29. The van der Waals surface area contributed by atoms with Crippen LogP contribution in [0.2, 0.25) is 13.1 Å². The molecule has 3 aromatic rings. The smallest absolute Gasteiger partial charge is 0.407 e. The first-order valence-electron chi connectivity index (χ1n) is 13.9. The molecule has 1 aliphatic rings. The lowest BCUT2D eigenvalue weighted by molar-refractivity contribution is -0.147. The van der Waals surface area contributed by atoms with Crippen LogP contribution in [0.1, 0.15) is 43.4 Å². The van der Waals surface area contributed by atoms with E-state index in [-0.39, 0.29) is 24.2 Å². The van der Waals surface area contributed by atoms with E-state index in [1.807, 2.05) is 48.5 Å². The first kappa shape index (κ1) is 30.1. The zero-order valence-corrected chi connectivity index (χ0v) is 25.5. The molecule has 2 atom stereocenters. The van der Waals surface area contributed by atoms with Crippen molar-refractivity contribution in [2.24, 2.45) is 0 Å². The van der Waals surface area contributed by atoms with Crippen molar-refractivity contribution < 1.29 is 23.5 Å². The number of hydrogen-bond donors (Lipinski definition) is 2. The second-order valence-corrected chi connectivity index (χ2v) is 16.0. The molecule has 0 bridgehead atoms. The van der Waals surface area contributed by atoms with Crippen molar-refractivity contribution in [3.8, 4) is 11.1 Å². The maximum Gasteiger partial charge on any atom is 0.407 e. The first-order chi connectivity index (χ1) is 19.5. The molecule has 3 aromatic carbocycles. The van der Waals surface area contributed by atoms with Gasteiger partial charge in [0.1, 0.15) is 13.2 Å². The lowest BCUT2D eigenvalue weighted by Gasteiger charge is -2.42. The topological polar surface area (TPSA) is 99.9 Å². The summed E-state index contributed by atoms with van der Waals surface area (Å²) in [6.07, 6.45) is 0.0964. The normalized spacial score (nSPS) is 14.4. The Morgan fingerprint density at radius 1 is 0.976 bits per heavy atom. The van der Waals surface area contributed by atoms with Crippen LogP contribution in [-0.2, 0) is 23.7 Å². The molecule has 0 radical (unpaired) electrons. The molecule has 0 saturated heterocycles. The monoisotopic (exact) mass is 572 g/mol. The number of hydrogen-bond acceptors (Lipinski definition) is 6. The van der Waals surface area contributed by atoms with Crippen LogP contribution >= 0.6 is 0 Å². The summed E-state index contributed by atoms with van der Waals surface area (Å²) in [5.74, 6) is -0.707. The van der Waals surface area contributed by atoms with Crippen molar-refractivity contribution >= 4 is 26.1 Å². The van der Waals surface area contributed by atoms with Crippen molar-refractivity contribution in [3.05, 3.63) is 102 Å². The number of nitrogen functional groups attached to an aromatic ring is 1. The predicted octanol–water partition coefficient (Wildman–Crippen LogP) is 6.33. The molecule has 0 aliphatic heterocycles. The lowest BCUT2D eigenvalue weighted by Crippen LogP contribution is -2.57. The molecule has 216 valence electrons. The Labute approximate surface area is 243 Å². The summed E-state index contributed by atoms with van der Waals surface area (Å²) in [6.45, 7) is 14.0. The molecule has 1 amide bonds. The number of alkyl carbamates (subject to hydrolysis) is 1. The van der Waals surface area contributed by atoms with Gasteiger partial charge in [0.25, 0.3) is 0 Å². The fraction of sp³-hybridized carbons (Fsp3) is 0.333. The first-order valence-corrected chi connectivity index (χ1v) is 16.8. The van der Waals surface area contributed by atoms with Crippen LogP contribution in [0.3, 0.4) is 0 Å². The van der Waals surface area contributed by atoms with E-state index in [0.717, 1.165) is 27.8 Å². The zero-order valence-electron chi connectivity index (χ0n) is 24.5. The number of rotatable bonds is 11. The number of fused-ring (bicyclic) bond motifs is 3. The Hall–Kier alpha value is -3.88. The number of anilines is 1. The van der Waals surface area contributed by atoms with Crippen molar-refractivity contribution in [2.75, 3.05) is 18.9 Å². The van der Waals surface area contributed by atoms with Gasteiger partial charge < -0.3 is 25.0 Å². The van der Waals surface area contributed by atoms with Gasteiger partial charge in [-0.2, -0.15) is 0 Å². The van der Waals surface area contributed by atoms with E-state index in [1.54, 1.807) is 6.92 Å². The average Bonchev–Trinajstić information content (AvgIpc) is 3.27. The van der Waals surface area contributed by atoms with Crippen LogP contribution in [0.5, 0.6) is 0 Å². The summed E-state index contributed by atoms with van der Waals surface area (Å²) < 4.78 is 17.7. The Bertz CT molecular complexity index is 1360. The zero-order chi connectivity index (χ0) is 29.8. The van der Waals surface area contributed by atoms with Gasteiger partial charge in [0.2, 0.25) is 0 Å². The Kier molecular flexibility index (Phi) is 9.04. The average molecular weight is 573 g/mol. The second kappa shape index (κ2) is 12.3. The molecular weight excluding hydrogens is 532 g/mol. The van der Waals surface area contributed by atoms with Gasteiger partial charge in [0.15, 0.2) is 14.4 Å². The van der Waals surface area contributed by atoms with E-state index in [9.17, 15) is 9.59 Å². The minimum absolute atomic E-state index is 0.0200. The van der Waals surface area contributed by atoms with Gasteiger partial charge in [-0.15, -0.1) is 0 Å². The van der Waals surface area contributed by atoms with Crippen LogP contribution in [0.4, 0.5) is 10.5 Å². The number of amides is 1. The number of carbonyl (C=O) groups is 2. The fourth-order valence-corrected chi connectivity index (χ4v) is 7.52. The van der Waals surface area contributed by atoms with Gasteiger partial charge >= 0.3 is 12.1 Å². The van der Waals surface area contributed by atoms with E-state index in [1.165, 1.54) is 6.08 Å². The Morgan fingerprint density at radius 3 is 2.10 bits per heavy atom. The summed E-state index contributed by atoms with van der Waals surface area (Å²) in [7, 11) is -2.52. The quantitative estimate of drug-likeness (QED) is 0.121. The van der Waals surface area contributed by atoms with Crippen LogP contribution < -0.4 is 11.1 Å². The molecule has 0 fully saturated rings. The third-order valence-electron chi connectivity index (χ3n) is 8.30. The summed E-state index contributed by atoms with van der Waals surface area (Å²) >= 11 is 0. The van der Waals surface area contributed by atoms with Gasteiger partial charge in [0.05, 0.1) is 6.10 Å². The molecule has 3 N–H and O–H groups in total. The van der Waals surface area contributed by atoms with Crippen molar-refractivity contribution in [2.45, 2.75) is 57.0 Å². The Morgan fingerprint density at radius 2 is 1.54 bits per heavy atom. The van der Waals surface area contributed by atoms with Crippen LogP contribution in [0.25, 0.3) is 11.1 Å². The largest absolute Gasteiger partial charge is 0.460 e. The highest BCUT2D eigenvalue weighted by Crippen LogP contribution is 2.44. The number of nitrogens with two attached hydrogens (primary N) is 1. The van der Waals surface area contributed by atoms with Crippen LogP contribution in [-0.4, -0.2) is 45.7 Å². The van der Waals surface area contributed by atoms with E-state index < -0.39 is 32.5 Å². The van der Waals surface area contributed by atoms with E-state index in [4.69, 9.17) is 19.6 Å². The van der Waals surface area contributed by atoms with Crippen molar-refractivity contribution in [3.63, 3.8) is 0 Å². The van der Waals surface area contributed by atoms with Crippen molar-refractivity contribution in [1.82, 2.24) is 5.32 Å². The molecular formula is C33H40N2O5Si. The highest BCUT2D eigenvalue weighted by Gasteiger charge is 2.45. The van der Waals surface area contributed by atoms with E-state index >= 15 is 0 Å². The standard InChI is InChI=1S/C33H40N2O5Si/c1-7-20-38-31(36)30(22(2)40-41(5,6)33(3,4)23-16-18-24(34)19-17-23)35-32(37)39-21-29-27-14-10-8-12-25(27)26-13-9-11-15-28(26)29/h7-19,22,29-30H,1,20-21,34H2,2-6H3,(H,35,37)/t22-,30+/m1/s1. The highest BCUT2D eigenvalue weighted by atomic mass is 28.4. The minimum Gasteiger partial charge on any atom is -0.460 e. The summed E-state index contributed by atoms with van der Waals surface area (Å²) in [5.41, 5.74) is 12.2. The molecule has 1 aliphatic carbocycles. The third kappa shape index (κ3) is 6.39. The highest BCUT2D eigenvalue weighted by molar-refractivity contribution is 6.74. The molecule has 8 heteroatoms. The van der Waals surface area contributed by atoms with Crippen LogP contribution in [0, 0.1) is 0 Å². The maximum atomic E-state index is 13.1. The molecule has 4 rings (SSSR count). The Balaban J connectivity index is 1.48. The summed E-state index contributed by atoms with van der Waals surface area (Å²) in [5, 5.41) is 2.40. The summed E-state index contributed by atoms with van der Waals surface area (Å²) in [4.78, 5) is 26.2. The van der Waals surface area contributed by atoms with Gasteiger partial charge in [0, 0.05) is 16.6 Å². The van der Waals surface area contributed by atoms with Gasteiger partial charge in [-0.05, 0) is 60.0 Å². The molecule has 0 saturated carbocycles. The second-order valence-electron chi connectivity index (χ2n) is 11.4. The number of benzene rings is 3.